The van der Waals surface area contributed by atoms with Crippen LogP contribution in [0.15, 0.2) is 30.3 Å². The van der Waals surface area contributed by atoms with E-state index in [0.29, 0.717) is 5.56 Å². The molecule has 0 bridgehead atoms. The monoisotopic (exact) mass is 258 g/mol. The van der Waals surface area contributed by atoms with Crippen molar-refractivity contribution in [1.82, 2.24) is 0 Å². The molecule has 4 heteroatoms. The molecule has 1 unspecified atom stereocenters. The average molecular weight is 259 g/mol. The number of alkyl halides is 1. The number of halogens is 1. The van der Waals surface area contributed by atoms with Gasteiger partial charge >= 0.3 is 5.97 Å². The molecule has 1 atom stereocenters. The Bertz CT molecular complexity index is 308. The molecule has 1 aromatic carbocycles. The first kappa shape index (κ1) is 11.2. The topological polar surface area (TPSA) is 57.5 Å². The van der Waals surface area contributed by atoms with Crippen LogP contribution in [0.3, 0.4) is 0 Å². The van der Waals surface area contributed by atoms with E-state index < -0.39 is 10.5 Å². The first-order chi connectivity index (χ1) is 6.52. The quantitative estimate of drug-likeness (QED) is 0.814. The van der Waals surface area contributed by atoms with Crippen molar-refractivity contribution in [3.8, 4) is 0 Å². The van der Waals surface area contributed by atoms with Crippen LogP contribution in [0.5, 0.6) is 0 Å². The van der Waals surface area contributed by atoms with Crippen molar-refractivity contribution in [2.24, 2.45) is 0 Å². The molecule has 0 spiro atoms. The van der Waals surface area contributed by atoms with Gasteiger partial charge in [0.25, 0.3) is 0 Å². The Hall–Kier alpha value is -0.870. The van der Waals surface area contributed by atoms with E-state index in [2.05, 4.69) is 15.9 Å². The van der Waals surface area contributed by atoms with Crippen LogP contribution in [0.1, 0.15) is 18.4 Å². The number of rotatable bonds is 4. The Labute approximate surface area is 90.5 Å². The van der Waals surface area contributed by atoms with Gasteiger partial charge in [0, 0.05) is 12.8 Å². The first-order valence-electron chi connectivity index (χ1n) is 4.21. The zero-order valence-corrected chi connectivity index (χ0v) is 9.07. The van der Waals surface area contributed by atoms with Gasteiger partial charge in [0.1, 0.15) is 4.51 Å². The summed E-state index contributed by atoms with van der Waals surface area (Å²) in [6, 6.07) is 8.92. The third kappa shape index (κ3) is 3.12. The first-order valence-corrected chi connectivity index (χ1v) is 5.00. The van der Waals surface area contributed by atoms with E-state index in [4.69, 9.17) is 5.11 Å². The van der Waals surface area contributed by atoms with Gasteiger partial charge in [-0.3, -0.25) is 4.79 Å². The number of aliphatic hydroxyl groups is 1. The summed E-state index contributed by atoms with van der Waals surface area (Å²) in [7, 11) is 0. The van der Waals surface area contributed by atoms with Gasteiger partial charge in [-0.1, -0.05) is 30.3 Å². The minimum absolute atomic E-state index is 0.0728. The third-order valence-electron chi connectivity index (χ3n) is 1.89. The van der Waals surface area contributed by atoms with Crippen molar-refractivity contribution in [1.29, 1.82) is 0 Å². The summed E-state index contributed by atoms with van der Waals surface area (Å²) in [5.74, 6) is -0.918. The molecule has 0 aliphatic carbocycles. The van der Waals surface area contributed by atoms with Crippen molar-refractivity contribution < 1.29 is 15.0 Å². The molecule has 1 rings (SSSR count). The SMILES string of the molecule is O=C(O)CCC(O)(Br)c1ccccc1. The number of hydrogen-bond donors (Lipinski definition) is 2. The lowest BCUT2D eigenvalue weighted by molar-refractivity contribution is -0.137. The predicted molar refractivity (Wildman–Crippen MR) is 56.1 cm³/mol. The minimum atomic E-state index is -1.24. The van der Waals surface area contributed by atoms with Gasteiger partial charge < -0.3 is 10.2 Å². The standard InChI is InChI=1S/C10H11BrO3/c11-10(14,7-6-9(12)13)8-4-2-1-3-5-8/h1-5,14H,6-7H2,(H,12,13). The fourth-order valence-electron chi connectivity index (χ4n) is 1.11. The Balaban J connectivity index is 2.70. The van der Waals surface area contributed by atoms with Gasteiger partial charge in [-0.25, -0.2) is 0 Å². The van der Waals surface area contributed by atoms with Crippen LogP contribution < -0.4 is 0 Å². The van der Waals surface area contributed by atoms with E-state index in [-0.39, 0.29) is 12.8 Å². The molecule has 14 heavy (non-hydrogen) atoms. The molecule has 76 valence electrons. The molecule has 2 N–H and O–H groups in total. The largest absolute Gasteiger partial charge is 0.481 e. The highest BCUT2D eigenvalue weighted by Gasteiger charge is 2.25. The van der Waals surface area contributed by atoms with Crippen molar-refractivity contribution in [2.45, 2.75) is 17.4 Å². The molecule has 0 aromatic heterocycles. The Morgan fingerprint density at radius 3 is 2.43 bits per heavy atom. The predicted octanol–water partition coefficient (Wildman–Crippen LogP) is 2.09. The van der Waals surface area contributed by atoms with Gasteiger partial charge in [0.2, 0.25) is 0 Å². The summed E-state index contributed by atoms with van der Waals surface area (Å²) in [4.78, 5) is 10.3. The van der Waals surface area contributed by atoms with Crippen molar-refractivity contribution in [3.05, 3.63) is 35.9 Å². The number of carbonyl (C=O) groups is 1. The summed E-state index contributed by atoms with van der Waals surface area (Å²) in [6.07, 6.45) is 0.0724. The molecule has 0 heterocycles. The van der Waals surface area contributed by atoms with Crippen LogP contribution >= 0.6 is 15.9 Å². The van der Waals surface area contributed by atoms with Gasteiger partial charge in [-0.05, 0) is 21.5 Å². The molecular formula is C10H11BrO3. The summed E-state index contributed by atoms with van der Waals surface area (Å²) in [5, 5.41) is 18.4. The van der Waals surface area contributed by atoms with Crippen molar-refractivity contribution in [3.63, 3.8) is 0 Å². The van der Waals surface area contributed by atoms with Gasteiger partial charge in [0.05, 0.1) is 0 Å². The highest BCUT2D eigenvalue weighted by Crippen LogP contribution is 2.32. The maximum absolute atomic E-state index is 10.3. The van der Waals surface area contributed by atoms with Gasteiger partial charge in [0.15, 0.2) is 0 Å². The number of carboxylic acid groups (broad SMARTS) is 1. The number of carboxylic acids is 1. The summed E-state index contributed by atoms with van der Waals surface area (Å²) in [5.41, 5.74) is 0.668. The molecule has 0 aliphatic heterocycles. The van der Waals surface area contributed by atoms with Crippen LogP contribution in [0.2, 0.25) is 0 Å². The lowest BCUT2D eigenvalue weighted by atomic mass is 10.1. The van der Waals surface area contributed by atoms with Crippen LogP contribution in [0.25, 0.3) is 0 Å². The number of benzene rings is 1. The molecule has 0 amide bonds. The summed E-state index contributed by atoms with van der Waals surface area (Å²) >= 11 is 3.11. The Morgan fingerprint density at radius 2 is 1.93 bits per heavy atom. The van der Waals surface area contributed by atoms with Gasteiger partial charge in [-0.15, -0.1) is 0 Å². The van der Waals surface area contributed by atoms with Crippen molar-refractivity contribution >= 4 is 21.9 Å². The Morgan fingerprint density at radius 1 is 1.36 bits per heavy atom. The summed E-state index contributed by atoms with van der Waals surface area (Å²) in [6.45, 7) is 0. The molecule has 1 aromatic rings. The summed E-state index contributed by atoms with van der Waals surface area (Å²) < 4.78 is -1.24. The second-order valence-corrected chi connectivity index (χ2v) is 4.33. The van der Waals surface area contributed by atoms with E-state index in [9.17, 15) is 9.90 Å². The normalized spacial score (nSPS) is 14.7. The second-order valence-electron chi connectivity index (χ2n) is 3.02. The number of aliphatic carboxylic acids is 1. The molecule has 0 fully saturated rings. The number of hydrogen-bond acceptors (Lipinski definition) is 2. The van der Waals surface area contributed by atoms with Crippen molar-refractivity contribution in [2.75, 3.05) is 0 Å². The van der Waals surface area contributed by atoms with Gasteiger partial charge in [-0.2, -0.15) is 0 Å². The average Bonchev–Trinajstić information content (AvgIpc) is 2.16. The second kappa shape index (κ2) is 4.57. The van der Waals surface area contributed by atoms with E-state index in [1.54, 1.807) is 24.3 Å². The molecule has 0 radical (unpaired) electrons. The fraction of sp³-hybridized carbons (Fsp3) is 0.300. The zero-order chi connectivity index (χ0) is 10.6. The molecule has 0 saturated heterocycles. The molecule has 0 aliphatic rings. The lowest BCUT2D eigenvalue weighted by Crippen LogP contribution is -2.18. The molecule has 3 nitrogen and oxygen atoms in total. The molecule has 0 saturated carbocycles. The van der Waals surface area contributed by atoms with Crippen LogP contribution in [0.4, 0.5) is 0 Å². The third-order valence-corrected chi connectivity index (χ3v) is 2.74. The van der Waals surface area contributed by atoms with E-state index >= 15 is 0 Å². The van der Waals surface area contributed by atoms with Crippen LogP contribution in [-0.4, -0.2) is 16.2 Å². The fourth-order valence-corrected chi connectivity index (χ4v) is 1.57. The zero-order valence-electron chi connectivity index (χ0n) is 7.48. The smallest absolute Gasteiger partial charge is 0.303 e. The van der Waals surface area contributed by atoms with Crippen LogP contribution in [0, 0.1) is 0 Å². The minimum Gasteiger partial charge on any atom is -0.481 e. The highest BCUT2D eigenvalue weighted by atomic mass is 79.9. The van der Waals surface area contributed by atoms with E-state index in [0.717, 1.165) is 0 Å². The maximum Gasteiger partial charge on any atom is 0.303 e. The van der Waals surface area contributed by atoms with E-state index in [1.807, 2.05) is 6.07 Å². The van der Waals surface area contributed by atoms with E-state index in [1.165, 1.54) is 0 Å². The maximum atomic E-state index is 10.3. The van der Waals surface area contributed by atoms with Crippen LogP contribution in [-0.2, 0) is 9.30 Å². The highest BCUT2D eigenvalue weighted by molar-refractivity contribution is 9.09. The lowest BCUT2D eigenvalue weighted by Gasteiger charge is -2.20. The Kier molecular flexibility index (Phi) is 3.66. The molecular weight excluding hydrogens is 248 g/mol.